The van der Waals surface area contributed by atoms with Crippen molar-refractivity contribution in [3.8, 4) is 11.3 Å². The topological polar surface area (TPSA) is 97.4 Å². The summed E-state index contributed by atoms with van der Waals surface area (Å²) >= 11 is 0. The van der Waals surface area contributed by atoms with Crippen LogP contribution in [0.1, 0.15) is 29.8 Å². The molecule has 0 saturated carbocycles. The number of furan rings is 1. The second-order valence-electron chi connectivity index (χ2n) is 6.33. The van der Waals surface area contributed by atoms with Crippen molar-refractivity contribution in [2.75, 3.05) is 0 Å². The summed E-state index contributed by atoms with van der Waals surface area (Å²) in [5.74, 6) is 0.417. The zero-order valence-corrected chi connectivity index (χ0v) is 14.1. The fraction of sp³-hybridized carbons (Fsp3) is 0.353. The van der Waals surface area contributed by atoms with Gasteiger partial charge >= 0.3 is 0 Å². The van der Waals surface area contributed by atoms with Gasteiger partial charge in [-0.25, -0.2) is 0 Å². The lowest BCUT2D eigenvalue weighted by Gasteiger charge is -2.20. The lowest BCUT2D eigenvalue weighted by Crippen LogP contribution is -2.42. The molecule has 2 bridgehead atoms. The van der Waals surface area contributed by atoms with E-state index in [-0.39, 0.29) is 35.8 Å². The van der Waals surface area contributed by atoms with E-state index in [0.29, 0.717) is 23.4 Å². The molecule has 0 spiro atoms. The molecule has 2 fully saturated rings. The van der Waals surface area contributed by atoms with Crippen molar-refractivity contribution in [2.45, 2.75) is 37.4 Å². The summed E-state index contributed by atoms with van der Waals surface area (Å²) in [5.41, 5.74) is 0.563. The Morgan fingerprint density at radius 1 is 1.28 bits per heavy atom. The SMILES string of the molecule is Cl.O=C(N[C@@H]1CC2CCC1N2)c1ccc(-c2cccc([N+](=O)[O-])c2)o1. The Bertz CT molecular complexity index is 807. The predicted octanol–water partition coefficient (Wildman–Crippen LogP) is 2.90. The molecule has 2 aliphatic rings. The number of nitro groups is 1. The number of carbonyl (C=O) groups is 1. The fourth-order valence-corrected chi connectivity index (χ4v) is 3.61. The molecule has 1 amide bonds. The van der Waals surface area contributed by atoms with Crippen molar-refractivity contribution in [1.29, 1.82) is 0 Å². The normalized spacial score (nSPS) is 23.9. The van der Waals surface area contributed by atoms with E-state index in [4.69, 9.17) is 4.42 Å². The molecule has 2 unspecified atom stereocenters. The average molecular weight is 364 g/mol. The third kappa shape index (κ3) is 3.38. The fourth-order valence-electron chi connectivity index (χ4n) is 3.61. The smallest absolute Gasteiger partial charge is 0.287 e. The average Bonchev–Trinajstić information content (AvgIpc) is 3.31. The van der Waals surface area contributed by atoms with E-state index in [9.17, 15) is 14.9 Å². The Labute approximate surface area is 150 Å². The number of hydrogen-bond acceptors (Lipinski definition) is 5. The third-order valence-electron chi connectivity index (χ3n) is 4.79. The third-order valence-corrected chi connectivity index (χ3v) is 4.79. The van der Waals surface area contributed by atoms with Crippen molar-refractivity contribution in [1.82, 2.24) is 10.6 Å². The zero-order chi connectivity index (χ0) is 16.7. The van der Waals surface area contributed by atoms with E-state index < -0.39 is 4.92 Å². The van der Waals surface area contributed by atoms with Gasteiger partial charge in [0.1, 0.15) is 5.76 Å². The Kier molecular flexibility index (Phi) is 4.78. The summed E-state index contributed by atoms with van der Waals surface area (Å²) in [7, 11) is 0. The molecule has 0 aliphatic carbocycles. The minimum Gasteiger partial charge on any atom is -0.451 e. The maximum atomic E-state index is 12.4. The monoisotopic (exact) mass is 363 g/mol. The van der Waals surface area contributed by atoms with Gasteiger partial charge in [0.25, 0.3) is 11.6 Å². The number of fused-ring (bicyclic) bond motifs is 2. The molecule has 4 rings (SSSR count). The second-order valence-corrected chi connectivity index (χ2v) is 6.33. The molecule has 3 heterocycles. The van der Waals surface area contributed by atoms with Crippen LogP contribution in [-0.4, -0.2) is 29.0 Å². The summed E-state index contributed by atoms with van der Waals surface area (Å²) in [5, 5.41) is 17.3. The highest BCUT2D eigenvalue weighted by molar-refractivity contribution is 5.92. The van der Waals surface area contributed by atoms with Gasteiger partial charge in [0.15, 0.2) is 5.76 Å². The maximum Gasteiger partial charge on any atom is 0.287 e. The van der Waals surface area contributed by atoms with Gasteiger partial charge in [-0.15, -0.1) is 12.4 Å². The first-order valence-electron chi connectivity index (χ1n) is 8.02. The number of carbonyl (C=O) groups excluding carboxylic acids is 1. The molecule has 7 nitrogen and oxygen atoms in total. The van der Waals surface area contributed by atoms with Crippen molar-refractivity contribution in [3.05, 3.63) is 52.3 Å². The Balaban J connectivity index is 0.00000182. The number of amides is 1. The molecule has 0 radical (unpaired) electrons. The van der Waals surface area contributed by atoms with Crippen LogP contribution in [0.5, 0.6) is 0 Å². The number of nitrogens with zero attached hydrogens (tertiary/aromatic N) is 1. The molecular weight excluding hydrogens is 346 g/mol. The number of hydrogen-bond donors (Lipinski definition) is 2. The van der Waals surface area contributed by atoms with Gasteiger partial charge in [0.05, 0.1) is 4.92 Å². The van der Waals surface area contributed by atoms with Gasteiger partial charge < -0.3 is 15.1 Å². The second kappa shape index (κ2) is 6.85. The maximum absolute atomic E-state index is 12.4. The number of nitrogens with one attached hydrogen (secondary N) is 2. The van der Waals surface area contributed by atoms with Gasteiger partial charge in [-0.1, -0.05) is 12.1 Å². The molecule has 1 aromatic heterocycles. The molecule has 2 saturated heterocycles. The highest BCUT2D eigenvalue weighted by Crippen LogP contribution is 2.29. The highest BCUT2D eigenvalue weighted by Gasteiger charge is 2.39. The Morgan fingerprint density at radius 2 is 2.12 bits per heavy atom. The number of nitro benzene ring substituents is 1. The summed E-state index contributed by atoms with van der Waals surface area (Å²) in [4.78, 5) is 22.8. The number of rotatable bonds is 4. The summed E-state index contributed by atoms with van der Waals surface area (Å²) < 4.78 is 5.60. The van der Waals surface area contributed by atoms with E-state index in [0.717, 1.165) is 12.8 Å². The van der Waals surface area contributed by atoms with Gasteiger partial charge in [-0.2, -0.15) is 0 Å². The molecule has 3 atom stereocenters. The van der Waals surface area contributed by atoms with Crippen molar-refractivity contribution in [2.24, 2.45) is 0 Å². The molecule has 132 valence electrons. The highest BCUT2D eigenvalue weighted by atomic mass is 35.5. The molecule has 8 heteroatoms. The van der Waals surface area contributed by atoms with E-state index >= 15 is 0 Å². The standard InChI is InChI=1S/C17H17N3O4.ClH/c21-17(19-14-9-11-4-5-13(14)18-11)16-7-6-15(24-16)10-2-1-3-12(8-10)20(22)23;/h1-3,6-8,11,13-14,18H,4-5,9H2,(H,19,21);1H/t11?,13?,14-;/m1./s1. The van der Waals surface area contributed by atoms with Gasteiger partial charge in [-0.05, 0) is 31.4 Å². The van der Waals surface area contributed by atoms with E-state index in [2.05, 4.69) is 10.6 Å². The van der Waals surface area contributed by atoms with E-state index in [1.165, 1.54) is 18.6 Å². The quantitative estimate of drug-likeness (QED) is 0.643. The molecular formula is C17H18ClN3O4. The van der Waals surface area contributed by atoms with Crippen molar-refractivity contribution >= 4 is 24.0 Å². The minimum atomic E-state index is -0.456. The molecule has 25 heavy (non-hydrogen) atoms. The van der Waals surface area contributed by atoms with Gasteiger partial charge in [0, 0.05) is 35.8 Å². The molecule has 2 aliphatic heterocycles. The number of benzene rings is 1. The van der Waals surface area contributed by atoms with Crippen LogP contribution in [0, 0.1) is 10.1 Å². The zero-order valence-electron chi connectivity index (χ0n) is 13.3. The summed E-state index contributed by atoms with van der Waals surface area (Å²) in [6.45, 7) is 0. The first-order valence-corrected chi connectivity index (χ1v) is 8.02. The largest absolute Gasteiger partial charge is 0.451 e. The van der Waals surface area contributed by atoms with Gasteiger partial charge in [-0.3, -0.25) is 14.9 Å². The molecule has 2 aromatic rings. The summed E-state index contributed by atoms with van der Waals surface area (Å²) in [6, 6.07) is 10.4. The summed E-state index contributed by atoms with van der Waals surface area (Å²) in [6.07, 6.45) is 3.22. The lowest BCUT2D eigenvalue weighted by molar-refractivity contribution is -0.384. The number of halogens is 1. The van der Waals surface area contributed by atoms with Crippen LogP contribution < -0.4 is 10.6 Å². The minimum absolute atomic E-state index is 0. The first-order chi connectivity index (χ1) is 11.6. The number of non-ortho nitro benzene ring substituents is 1. The van der Waals surface area contributed by atoms with Crippen LogP contribution in [0.2, 0.25) is 0 Å². The lowest BCUT2D eigenvalue weighted by atomic mass is 9.95. The van der Waals surface area contributed by atoms with Crippen LogP contribution in [-0.2, 0) is 0 Å². The van der Waals surface area contributed by atoms with Crippen LogP contribution in [0.4, 0.5) is 5.69 Å². The van der Waals surface area contributed by atoms with Crippen LogP contribution >= 0.6 is 12.4 Å². The van der Waals surface area contributed by atoms with Gasteiger partial charge in [0.2, 0.25) is 0 Å². The van der Waals surface area contributed by atoms with Crippen molar-refractivity contribution in [3.63, 3.8) is 0 Å². The Morgan fingerprint density at radius 3 is 2.80 bits per heavy atom. The van der Waals surface area contributed by atoms with Crippen LogP contribution in [0.15, 0.2) is 40.8 Å². The van der Waals surface area contributed by atoms with Crippen molar-refractivity contribution < 1.29 is 14.1 Å². The van der Waals surface area contributed by atoms with E-state index in [1.54, 1.807) is 24.3 Å². The Hall–Kier alpha value is -2.38. The molecule has 1 aromatic carbocycles. The van der Waals surface area contributed by atoms with E-state index in [1.807, 2.05) is 0 Å². The molecule has 2 N–H and O–H groups in total. The van der Waals surface area contributed by atoms with Crippen LogP contribution in [0.3, 0.4) is 0 Å². The predicted molar refractivity (Wildman–Crippen MR) is 93.9 cm³/mol. The first kappa shape index (κ1) is 17.4. The van der Waals surface area contributed by atoms with Crippen LogP contribution in [0.25, 0.3) is 11.3 Å².